The van der Waals surface area contributed by atoms with Crippen LogP contribution in [0.15, 0.2) is 66.6 Å². The number of allylic oxidation sites excluding steroid dienone is 3. The number of unbranched alkanes of at least 4 members (excludes halogenated alkanes) is 1. The van der Waals surface area contributed by atoms with Gasteiger partial charge in [-0.15, -0.1) is 0 Å². The van der Waals surface area contributed by atoms with Crippen molar-refractivity contribution >= 4 is 0 Å². The molecule has 1 aliphatic rings. The molecule has 0 saturated carbocycles. The predicted molar refractivity (Wildman–Crippen MR) is 89.8 cm³/mol. The van der Waals surface area contributed by atoms with Crippen LogP contribution in [0.25, 0.3) is 0 Å². The van der Waals surface area contributed by atoms with E-state index in [-0.39, 0.29) is 0 Å². The van der Waals surface area contributed by atoms with Crippen LogP contribution in [0.1, 0.15) is 31.7 Å². The average Bonchev–Trinajstić information content (AvgIpc) is 2.54. The highest BCUT2D eigenvalue weighted by Crippen LogP contribution is 2.13. The maximum Gasteiger partial charge on any atom is 0.125 e. The molecule has 1 heterocycles. The molecule has 0 aliphatic carbocycles. The van der Waals surface area contributed by atoms with Crippen molar-refractivity contribution in [2.45, 2.75) is 32.8 Å². The zero-order valence-electron chi connectivity index (χ0n) is 13.3. The van der Waals surface area contributed by atoms with Crippen LogP contribution in [-0.2, 0) is 16.2 Å². The summed E-state index contributed by atoms with van der Waals surface area (Å²) in [6.07, 6.45) is 9.02. The van der Waals surface area contributed by atoms with Gasteiger partial charge in [-0.05, 0) is 31.4 Å². The number of hydrogen-bond donors (Lipinski definition) is 0. The zero-order valence-corrected chi connectivity index (χ0v) is 13.3. The minimum absolute atomic E-state index is 0.683. The van der Waals surface area contributed by atoms with Gasteiger partial charge in [-0.3, -0.25) is 0 Å². The number of hydroxylamine groups is 2. The normalized spacial score (nSPS) is 13.9. The summed E-state index contributed by atoms with van der Waals surface area (Å²) in [5, 5.41) is 1.81. The molecule has 0 bridgehead atoms. The Hall–Kier alpha value is -2.00. The van der Waals surface area contributed by atoms with Crippen LogP contribution in [-0.4, -0.2) is 18.2 Å². The van der Waals surface area contributed by atoms with Crippen molar-refractivity contribution in [3.8, 4) is 0 Å². The van der Waals surface area contributed by atoms with Gasteiger partial charge in [-0.1, -0.05) is 48.6 Å². The summed E-state index contributed by atoms with van der Waals surface area (Å²) in [5.74, 6) is 0.806. The molecule has 0 amide bonds. The van der Waals surface area contributed by atoms with E-state index >= 15 is 0 Å². The molecule has 1 aromatic carbocycles. The largest absolute Gasteiger partial charge is 0.385 e. The summed E-state index contributed by atoms with van der Waals surface area (Å²) in [5.41, 5.74) is 2.48. The lowest BCUT2D eigenvalue weighted by Gasteiger charge is -2.23. The van der Waals surface area contributed by atoms with Crippen molar-refractivity contribution < 1.29 is 9.57 Å². The van der Waals surface area contributed by atoms with Crippen molar-refractivity contribution in [1.82, 2.24) is 5.06 Å². The fraction of sp³-hybridized carbons (Fsp3) is 0.368. The van der Waals surface area contributed by atoms with E-state index in [0.717, 1.165) is 38.2 Å². The van der Waals surface area contributed by atoms with Gasteiger partial charge in [-0.2, -0.15) is 0 Å². The van der Waals surface area contributed by atoms with Crippen LogP contribution in [0.4, 0.5) is 0 Å². The van der Waals surface area contributed by atoms with Crippen molar-refractivity contribution in [3.05, 3.63) is 72.2 Å². The molecular weight excluding hydrogens is 274 g/mol. The van der Waals surface area contributed by atoms with Crippen molar-refractivity contribution in [3.63, 3.8) is 0 Å². The highest BCUT2D eigenvalue weighted by atomic mass is 16.7. The Balaban J connectivity index is 1.50. The Morgan fingerprint density at radius 3 is 2.77 bits per heavy atom. The first-order chi connectivity index (χ1) is 10.7. The molecule has 0 radical (unpaired) electrons. The topological polar surface area (TPSA) is 21.7 Å². The number of benzene rings is 1. The molecule has 0 saturated heterocycles. The summed E-state index contributed by atoms with van der Waals surface area (Å²) < 4.78 is 5.66. The molecule has 1 aliphatic heterocycles. The molecule has 2 rings (SSSR count). The van der Waals surface area contributed by atoms with Gasteiger partial charge in [-0.25, -0.2) is 5.06 Å². The van der Waals surface area contributed by atoms with Gasteiger partial charge in [0, 0.05) is 19.2 Å². The SMILES string of the molecule is C=C(CCCCOCc1ccccc1)ON1C=CC(C)=CC1. The molecule has 0 unspecified atom stereocenters. The molecule has 0 N–H and O–H groups in total. The minimum atomic E-state index is 0.683. The maximum absolute atomic E-state index is 5.68. The molecule has 0 spiro atoms. The molecule has 1 aromatic rings. The Morgan fingerprint density at radius 2 is 2.05 bits per heavy atom. The lowest BCUT2D eigenvalue weighted by atomic mass is 10.2. The highest BCUT2D eigenvalue weighted by molar-refractivity contribution is 5.19. The van der Waals surface area contributed by atoms with Crippen LogP contribution in [0, 0.1) is 0 Å². The minimum Gasteiger partial charge on any atom is -0.385 e. The molecule has 118 valence electrons. The summed E-state index contributed by atoms with van der Waals surface area (Å²) in [7, 11) is 0. The van der Waals surface area contributed by atoms with E-state index in [1.54, 1.807) is 5.06 Å². The van der Waals surface area contributed by atoms with Crippen LogP contribution in [0.5, 0.6) is 0 Å². The second-order valence-corrected chi connectivity index (χ2v) is 5.49. The summed E-state index contributed by atoms with van der Waals surface area (Å²) in [4.78, 5) is 5.68. The first kappa shape index (κ1) is 16.4. The predicted octanol–water partition coefficient (Wildman–Crippen LogP) is 4.59. The Labute approximate surface area is 133 Å². The third-order valence-electron chi connectivity index (χ3n) is 3.45. The molecule has 3 nitrogen and oxygen atoms in total. The van der Waals surface area contributed by atoms with E-state index in [9.17, 15) is 0 Å². The average molecular weight is 299 g/mol. The van der Waals surface area contributed by atoms with Gasteiger partial charge in [0.25, 0.3) is 0 Å². The second-order valence-electron chi connectivity index (χ2n) is 5.49. The first-order valence-electron chi connectivity index (χ1n) is 7.83. The third kappa shape index (κ3) is 6.19. The Bertz CT molecular complexity index is 519. The monoisotopic (exact) mass is 299 g/mol. The molecule has 0 aromatic heterocycles. The number of rotatable bonds is 9. The number of ether oxygens (including phenoxy) is 1. The fourth-order valence-corrected chi connectivity index (χ4v) is 2.13. The molecular formula is C19H25NO2. The van der Waals surface area contributed by atoms with E-state index in [0.29, 0.717) is 6.61 Å². The van der Waals surface area contributed by atoms with Crippen LogP contribution in [0.2, 0.25) is 0 Å². The standard InChI is InChI=1S/C19H25NO2/c1-17-11-13-20(14-12-17)22-18(2)8-6-7-15-21-16-19-9-4-3-5-10-19/h3-5,9-13H,2,6-8,14-16H2,1H3. The molecule has 0 fully saturated rings. The lowest BCUT2D eigenvalue weighted by molar-refractivity contribution is -0.0706. The molecule has 0 atom stereocenters. The summed E-state index contributed by atoms with van der Waals surface area (Å²) in [6, 6.07) is 10.2. The van der Waals surface area contributed by atoms with Crippen LogP contribution < -0.4 is 0 Å². The lowest BCUT2D eigenvalue weighted by Crippen LogP contribution is -2.19. The Morgan fingerprint density at radius 1 is 1.23 bits per heavy atom. The van der Waals surface area contributed by atoms with Crippen molar-refractivity contribution in [2.24, 2.45) is 0 Å². The smallest absolute Gasteiger partial charge is 0.125 e. The number of hydrogen-bond acceptors (Lipinski definition) is 3. The van der Waals surface area contributed by atoms with Crippen molar-refractivity contribution in [1.29, 1.82) is 0 Å². The maximum atomic E-state index is 5.68. The van der Waals surface area contributed by atoms with Gasteiger partial charge in [0.05, 0.1) is 13.2 Å². The van der Waals surface area contributed by atoms with Gasteiger partial charge >= 0.3 is 0 Å². The van der Waals surface area contributed by atoms with E-state index in [1.165, 1.54) is 11.1 Å². The highest BCUT2D eigenvalue weighted by Gasteiger charge is 2.05. The van der Waals surface area contributed by atoms with Gasteiger partial charge in [0.15, 0.2) is 0 Å². The first-order valence-corrected chi connectivity index (χ1v) is 7.83. The van der Waals surface area contributed by atoms with Gasteiger partial charge in [0.1, 0.15) is 5.76 Å². The fourth-order valence-electron chi connectivity index (χ4n) is 2.13. The zero-order chi connectivity index (χ0) is 15.6. The van der Waals surface area contributed by atoms with E-state index < -0.39 is 0 Å². The number of nitrogens with zero attached hydrogens (tertiary/aromatic N) is 1. The van der Waals surface area contributed by atoms with Crippen LogP contribution in [0.3, 0.4) is 0 Å². The Kier molecular flexibility index (Phi) is 6.78. The van der Waals surface area contributed by atoms with E-state index in [4.69, 9.17) is 9.57 Å². The molecule has 22 heavy (non-hydrogen) atoms. The second kappa shape index (κ2) is 9.11. The van der Waals surface area contributed by atoms with Crippen molar-refractivity contribution in [2.75, 3.05) is 13.2 Å². The van der Waals surface area contributed by atoms with Gasteiger partial charge < -0.3 is 9.57 Å². The third-order valence-corrected chi connectivity index (χ3v) is 3.45. The van der Waals surface area contributed by atoms with E-state index in [2.05, 4.69) is 31.7 Å². The van der Waals surface area contributed by atoms with E-state index in [1.807, 2.05) is 30.5 Å². The molecule has 3 heteroatoms. The summed E-state index contributed by atoms with van der Waals surface area (Å²) in [6.45, 7) is 8.29. The summed E-state index contributed by atoms with van der Waals surface area (Å²) >= 11 is 0. The quantitative estimate of drug-likeness (QED) is 0.491. The van der Waals surface area contributed by atoms with Gasteiger partial charge in [0.2, 0.25) is 0 Å². The van der Waals surface area contributed by atoms with Crippen LogP contribution >= 0.6 is 0 Å².